The topological polar surface area (TPSA) is 128 Å². The van der Waals surface area contributed by atoms with E-state index in [1.165, 1.54) is 17.8 Å². The van der Waals surface area contributed by atoms with Gasteiger partial charge in [0.05, 0.1) is 17.5 Å². The highest BCUT2D eigenvalue weighted by molar-refractivity contribution is 8.00. The highest BCUT2D eigenvalue weighted by atomic mass is 32.2. The number of primary amides is 1. The molecule has 0 bridgehead atoms. The van der Waals surface area contributed by atoms with Crippen LogP contribution in [-0.4, -0.2) is 22.5 Å². The predicted molar refractivity (Wildman–Crippen MR) is 79.7 cm³/mol. The zero-order chi connectivity index (χ0) is 16.1. The summed E-state index contributed by atoms with van der Waals surface area (Å²) in [5.41, 5.74) is 5.54. The average molecular weight is 321 g/mol. The SMILES string of the molecule is NC(=O)CSc1ccccc1NC(=O)c1ccc([N+](=O)[O-])o1. The fourth-order valence-electron chi connectivity index (χ4n) is 1.58. The molecule has 9 heteroatoms. The van der Waals surface area contributed by atoms with Crippen molar-refractivity contribution < 1.29 is 18.9 Å². The second-order valence-corrected chi connectivity index (χ2v) is 5.12. The van der Waals surface area contributed by atoms with Crippen molar-refractivity contribution in [2.24, 2.45) is 5.73 Å². The van der Waals surface area contributed by atoms with Gasteiger partial charge in [0.2, 0.25) is 5.91 Å². The molecule has 1 heterocycles. The van der Waals surface area contributed by atoms with E-state index in [9.17, 15) is 19.7 Å². The molecule has 1 aromatic carbocycles. The number of hydrogen-bond acceptors (Lipinski definition) is 6. The van der Waals surface area contributed by atoms with Crippen molar-refractivity contribution in [2.75, 3.05) is 11.1 Å². The minimum atomic E-state index is -0.729. The lowest BCUT2D eigenvalue weighted by molar-refractivity contribution is -0.402. The molecule has 0 atom stereocenters. The molecule has 8 nitrogen and oxygen atoms in total. The van der Waals surface area contributed by atoms with Crippen LogP contribution in [-0.2, 0) is 4.79 Å². The third kappa shape index (κ3) is 3.85. The Kier molecular flexibility index (Phi) is 4.79. The number of anilines is 1. The zero-order valence-electron chi connectivity index (χ0n) is 11.1. The Bertz CT molecular complexity index is 728. The van der Waals surface area contributed by atoms with Gasteiger partial charge in [0.15, 0.2) is 5.76 Å². The van der Waals surface area contributed by atoms with E-state index in [4.69, 9.17) is 10.2 Å². The highest BCUT2D eigenvalue weighted by Gasteiger charge is 2.18. The molecule has 0 radical (unpaired) electrons. The van der Waals surface area contributed by atoms with Gasteiger partial charge in [-0.3, -0.25) is 19.7 Å². The summed E-state index contributed by atoms with van der Waals surface area (Å²) in [6.07, 6.45) is 0. The molecule has 2 aromatic rings. The number of nitrogens with two attached hydrogens (primary N) is 1. The molecular formula is C13H11N3O5S. The van der Waals surface area contributed by atoms with E-state index in [2.05, 4.69) is 5.32 Å². The fourth-order valence-corrected chi connectivity index (χ4v) is 2.32. The molecule has 0 aliphatic carbocycles. The van der Waals surface area contributed by atoms with Crippen LogP contribution >= 0.6 is 11.8 Å². The Morgan fingerprint density at radius 1 is 1.27 bits per heavy atom. The van der Waals surface area contributed by atoms with E-state index in [-0.39, 0.29) is 11.5 Å². The molecule has 2 rings (SSSR count). The molecule has 0 aliphatic rings. The zero-order valence-corrected chi connectivity index (χ0v) is 12.0. The molecule has 0 spiro atoms. The summed E-state index contributed by atoms with van der Waals surface area (Å²) < 4.78 is 4.83. The Morgan fingerprint density at radius 3 is 2.64 bits per heavy atom. The van der Waals surface area contributed by atoms with Gasteiger partial charge < -0.3 is 15.5 Å². The van der Waals surface area contributed by atoms with Gasteiger partial charge in [-0.2, -0.15) is 0 Å². The normalized spacial score (nSPS) is 10.2. The Morgan fingerprint density at radius 2 is 2.00 bits per heavy atom. The second-order valence-electron chi connectivity index (χ2n) is 4.10. The summed E-state index contributed by atoms with van der Waals surface area (Å²) in [7, 11) is 0. The van der Waals surface area contributed by atoms with Crippen LogP contribution in [0.5, 0.6) is 0 Å². The number of rotatable bonds is 6. The van der Waals surface area contributed by atoms with Gasteiger partial charge in [-0.1, -0.05) is 12.1 Å². The quantitative estimate of drug-likeness (QED) is 0.476. The monoisotopic (exact) mass is 321 g/mol. The van der Waals surface area contributed by atoms with Crippen LogP contribution in [0.3, 0.4) is 0 Å². The largest absolute Gasteiger partial charge is 0.433 e. The lowest BCUT2D eigenvalue weighted by Crippen LogP contribution is -2.14. The maximum atomic E-state index is 12.0. The number of amides is 2. The summed E-state index contributed by atoms with van der Waals surface area (Å²) in [5, 5.41) is 13.1. The van der Waals surface area contributed by atoms with E-state index in [0.29, 0.717) is 10.6 Å². The van der Waals surface area contributed by atoms with Crippen molar-refractivity contribution in [2.45, 2.75) is 4.90 Å². The first-order valence-corrected chi connectivity index (χ1v) is 7.01. The molecule has 0 saturated carbocycles. The molecule has 1 aromatic heterocycles. The van der Waals surface area contributed by atoms with Crippen molar-refractivity contribution in [1.82, 2.24) is 0 Å². The van der Waals surface area contributed by atoms with E-state index in [1.807, 2.05) is 0 Å². The molecule has 0 fully saturated rings. The summed E-state index contributed by atoms with van der Waals surface area (Å²) in [6.45, 7) is 0. The van der Waals surface area contributed by atoms with Crippen molar-refractivity contribution in [3.8, 4) is 0 Å². The Balaban J connectivity index is 2.13. The fraction of sp³-hybridized carbons (Fsp3) is 0.0769. The van der Waals surface area contributed by atoms with Crippen LogP contribution in [0.4, 0.5) is 11.6 Å². The third-order valence-electron chi connectivity index (χ3n) is 2.50. The molecular weight excluding hydrogens is 310 g/mol. The number of hydrogen-bond donors (Lipinski definition) is 2. The lowest BCUT2D eigenvalue weighted by atomic mass is 10.3. The average Bonchev–Trinajstić information content (AvgIpc) is 2.96. The molecule has 3 N–H and O–H groups in total. The summed E-state index contributed by atoms with van der Waals surface area (Å²) in [5.74, 6) is -1.73. The summed E-state index contributed by atoms with van der Waals surface area (Å²) in [6, 6.07) is 9.12. The van der Waals surface area contributed by atoms with Crippen LogP contribution in [0.25, 0.3) is 0 Å². The van der Waals surface area contributed by atoms with Gasteiger partial charge in [0.25, 0.3) is 5.91 Å². The van der Waals surface area contributed by atoms with Gasteiger partial charge in [-0.15, -0.1) is 11.8 Å². The third-order valence-corrected chi connectivity index (χ3v) is 3.60. The smallest absolute Gasteiger partial charge is 0.395 e. The number of nitrogens with zero attached hydrogens (tertiary/aromatic N) is 1. The van der Waals surface area contributed by atoms with Crippen LogP contribution in [0.2, 0.25) is 0 Å². The van der Waals surface area contributed by atoms with E-state index in [1.54, 1.807) is 24.3 Å². The van der Waals surface area contributed by atoms with Gasteiger partial charge in [-0.05, 0) is 18.2 Å². The molecule has 0 unspecified atom stereocenters. The van der Waals surface area contributed by atoms with E-state index >= 15 is 0 Å². The summed E-state index contributed by atoms with van der Waals surface area (Å²) in [4.78, 5) is 33.3. The molecule has 114 valence electrons. The van der Waals surface area contributed by atoms with Gasteiger partial charge in [0.1, 0.15) is 4.92 Å². The Labute approximate surface area is 128 Å². The predicted octanol–water partition coefficient (Wildman–Crippen LogP) is 2.02. The first kappa shape index (κ1) is 15.6. The van der Waals surface area contributed by atoms with E-state index < -0.39 is 22.6 Å². The molecule has 2 amide bonds. The molecule has 22 heavy (non-hydrogen) atoms. The first-order chi connectivity index (χ1) is 10.5. The van der Waals surface area contributed by atoms with Gasteiger partial charge in [0, 0.05) is 4.90 Å². The first-order valence-electron chi connectivity index (χ1n) is 6.03. The van der Waals surface area contributed by atoms with Crippen LogP contribution in [0.1, 0.15) is 10.6 Å². The maximum Gasteiger partial charge on any atom is 0.433 e. The number of nitro groups is 1. The summed E-state index contributed by atoms with van der Waals surface area (Å²) >= 11 is 1.17. The van der Waals surface area contributed by atoms with Crippen LogP contribution < -0.4 is 11.1 Å². The number of para-hydroxylation sites is 1. The van der Waals surface area contributed by atoms with Crippen molar-refractivity contribution in [1.29, 1.82) is 0 Å². The molecule has 0 aliphatic heterocycles. The number of thioether (sulfide) groups is 1. The minimum absolute atomic E-state index is 0.0686. The minimum Gasteiger partial charge on any atom is -0.395 e. The van der Waals surface area contributed by atoms with Crippen molar-refractivity contribution in [3.05, 3.63) is 52.3 Å². The van der Waals surface area contributed by atoms with Crippen molar-refractivity contribution in [3.63, 3.8) is 0 Å². The number of benzene rings is 1. The molecule has 0 saturated heterocycles. The van der Waals surface area contributed by atoms with E-state index in [0.717, 1.165) is 6.07 Å². The van der Waals surface area contributed by atoms with Gasteiger partial charge >= 0.3 is 5.88 Å². The number of furan rings is 1. The van der Waals surface area contributed by atoms with Crippen molar-refractivity contribution >= 4 is 35.1 Å². The standard InChI is InChI=1S/C13H11N3O5S/c14-11(17)7-22-10-4-2-1-3-8(10)15-13(18)9-5-6-12(21-9)16(19)20/h1-6H,7H2,(H2,14,17)(H,15,18). The number of carbonyl (C=O) groups is 2. The van der Waals surface area contributed by atoms with Crippen LogP contribution in [0, 0.1) is 10.1 Å². The van der Waals surface area contributed by atoms with Crippen LogP contribution in [0.15, 0.2) is 45.7 Å². The Hall–Kier alpha value is -2.81. The lowest BCUT2D eigenvalue weighted by Gasteiger charge is -2.08. The number of nitrogens with one attached hydrogen (secondary N) is 1. The number of carbonyl (C=O) groups excluding carboxylic acids is 2. The highest BCUT2D eigenvalue weighted by Crippen LogP contribution is 2.27. The maximum absolute atomic E-state index is 12.0. The van der Waals surface area contributed by atoms with Gasteiger partial charge in [-0.25, -0.2) is 0 Å². The second kappa shape index (κ2) is 6.76.